The number of nitrogens with zero attached hydrogens (tertiary/aromatic N) is 3. The Balaban J connectivity index is 2.29. The second kappa shape index (κ2) is 23.6. The molecule has 1 heterocycles. The van der Waals surface area contributed by atoms with Crippen LogP contribution in [-0.2, 0) is 39.9 Å². The van der Waals surface area contributed by atoms with E-state index in [1.54, 1.807) is 30.9 Å². The van der Waals surface area contributed by atoms with Gasteiger partial charge in [-0.1, -0.05) is 85.2 Å². The molecule has 2 rings (SSSR count). The molecule has 1 aromatic carbocycles. The summed E-state index contributed by atoms with van der Waals surface area (Å²) in [6.07, 6.45) is 1.15. The molecule has 0 aliphatic carbocycles. The van der Waals surface area contributed by atoms with Crippen molar-refractivity contribution in [2.45, 2.75) is 123 Å². The van der Waals surface area contributed by atoms with Crippen LogP contribution in [0.15, 0.2) is 30.3 Å². The van der Waals surface area contributed by atoms with E-state index >= 15 is 0 Å². The third-order valence-corrected chi connectivity index (χ3v) is 11.5. The molecule has 1 aliphatic heterocycles. The first-order valence-electron chi connectivity index (χ1n) is 20.4. The monoisotopic (exact) mass is 788 g/mol. The summed E-state index contributed by atoms with van der Waals surface area (Å²) in [7, 11) is 8.21. The van der Waals surface area contributed by atoms with Crippen LogP contribution in [0.25, 0.3) is 0 Å². The van der Waals surface area contributed by atoms with Crippen molar-refractivity contribution in [3.63, 3.8) is 0 Å². The predicted octanol–water partition coefficient (Wildman–Crippen LogP) is 2.44. The molecule has 0 saturated carbocycles. The number of likely N-dealkylation sites (tertiary alicyclic amines) is 1. The zero-order valence-corrected chi connectivity index (χ0v) is 36.2. The van der Waals surface area contributed by atoms with Gasteiger partial charge in [0.15, 0.2) is 0 Å². The van der Waals surface area contributed by atoms with E-state index in [2.05, 4.69) is 16.0 Å². The van der Waals surface area contributed by atoms with Crippen LogP contribution in [0.2, 0.25) is 0 Å². The van der Waals surface area contributed by atoms with E-state index in [1.165, 1.54) is 14.2 Å². The fourth-order valence-electron chi connectivity index (χ4n) is 8.17. The molecule has 0 radical (unpaired) electrons. The average molecular weight is 788 g/mol. The smallest absolute Gasteiger partial charge is 0.245 e. The molecule has 0 unspecified atom stereocenters. The number of amides is 5. The highest BCUT2D eigenvalue weighted by atomic mass is 16.5. The number of nitrogens with two attached hydrogens (primary N) is 1. The summed E-state index contributed by atoms with van der Waals surface area (Å²) in [6.45, 7) is 15.0. The second-order valence-corrected chi connectivity index (χ2v) is 16.1. The molecule has 14 heteroatoms. The highest BCUT2D eigenvalue weighted by molar-refractivity contribution is 5.90. The molecule has 14 nitrogen and oxygen atoms in total. The van der Waals surface area contributed by atoms with Crippen LogP contribution in [0.3, 0.4) is 0 Å². The molecule has 5 amide bonds. The van der Waals surface area contributed by atoms with Crippen LogP contribution in [0.5, 0.6) is 0 Å². The number of likely N-dealkylation sites (N-methyl/N-ethyl adjacent to an activating group) is 3. The van der Waals surface area contributed by atoms with Crippen molar-refractivity contribution < 1.29 is 33.4 Å². The van der Waals surface area contributed by atoms with Gasteiger partial charge < -0.3 is 41.0 Å². The number of benzene rings is 1. The zero-order valence-electron chi connectivity index (χ0n) is 36.2. The minimum atomic E-state index is -0.798. The Morgan fingerprint density at radius 2 is 1.55 bits per heavy atom. The average Bonchev–Trinajstić information content (AvgIpc) is 3.65. The Morgan fingerprint density at radius 3 is 2.07 bits per heavy atom. The van der Waals surface area contributed by atoms with Gasteiger partial charge in [-0.2, -0.15) is 0 Å². The van der Waals surface area contributed by atoms with Gasteiger partial charge in [0.2, 0.25) is 29.5 Å². The molecule has 0 bridgehead atoms. The summed E-state index contributed by atoms with van der Waals surface area (Å²) in [5, 5.41) is 8.62. The van der Waals surface area contributed by atoms with E-state index in [4.69, 9.17) is 15.2 Å². The van der Waals surface area contributed by atoms with Gasteiger partial charge in [0.1, 0.15) is 12.1 Å². The molecule has 1 aliphatic rings. The molecule has 318 valence electrons. The Bertz CT molecular complexity index is 1400. The lowest BCUT2D eigenvalue weighted by molar-refractivity contribution is -0.148. The van der Waals surface area contributed by atoms with Crippen molar-refractivity contribution in [2.24, 2.45) is 29.4 Å². The van der Waals surface area contributed by atoms with Gasteiger partial charge in [-0.25, -0.2) is 0 Å². The molecular formula is C42H73N7O7. The van der Waals surface area contributed by atoms with Gasteiger partial charge >= 0.3 is 0 Å². The fourth-order valence-corrected chi connectivity index (χ4v) is 8.17. The third-order valence-electron chi connectivity index (χ3n) is 11.5. The van der Waals surface area contributed by atoms with E-state index in [0.717, 1.165) is 18.4 Å². The Labute approximate surface area is 336 Å². The molecule has 0 aromatic heterocycles. The number of hydrogen-bond acceptors (Lipinski definition) is 9. The first-order chi connectivity index (χ1) is 26.5. The molecule has 5 N–H and O–H groups in total. The highest BCUT2D eigenvalue weighted by Crippen LogP contribution is 2.30. The maximum Gasteiger partial charge on any atom is 0.245 e. The number of hydrogen-bond donors (Lipinski definition) is 4. The van der Waals surface area contributed by atoms with Crippen LogP contribution in [0.1, 0.15) is 79.7 Å². The number of carbonyl (C=O) groups is 5. The topological polar surface area (TPSA) is 176 Å². The molecule has 1 saturated heterocycles. The lowest BCUT2D eigenvalue weighted by Gasteiger charge is -2.41. The molecule has 1 fully saturated rings. The molecule has 0 spiro atoms. The van der Waals surface area contributed by atoms with E-state index < -0.39 is 42.3 Å². The Morgan fingerprint density at radius 1 is 0.911 bits per heavy atom. The Kier molecular flexibility index (Phi) is 20.5. The van der Waals surface area contributed by atoms with E-state index in [0.29, 0.717) is 32.5 Å². The van der Waals surface area contributed by atoms with Gasteiger partial charge in [0.05, 0.1) is 42.7 Å². The molecular weight excluding hydrogens is 715 g/mol. The summed E-state index contributed by atoms with van der Waals surface area (Å²) in [5.74, 6) is -2.22. The standard InChI is InChI=1S/C42H73N7O7/c1-13-28(6)37(48(10)42(54)35(26(2)3)46-41(53)36(27(4)5)47(9)23-21-43)33(55-11)25-34(50)49-22-17-20-32(49)38(56-12)29(7)39(51)45-31(40(52)44-8)24-30-18-15-14-16-19-30/h14-16,18-19,26-29,31-33,35-38H,13,17,20-25,43H2,1-12H3,(H,44,52)(H,45,51)(H,46,53)/t28-,29+,31-,32-,33+,35-,36-,37-,38+/m0/s1. The fraction of sp³-hybridized carbons (Fsp3) is 0.738. The van der Waals surface area contributed by atoms with Crippen molar-refractivity contribution in [3.8, 4) is 0 Å². The summed E-state index contributed by atoms with van der Waals surface area (Å²) in [6, 6.07) is 6.58. The van der Waals surface area contributed by atoms with Crippen molar-refractivity contribution >= 4 is 29.5 Å². The van der Waals surface area contributed by atoms with E-state index in [1.807, 2.05) is 83.8 Å². The van der Waals surface area contributed by atoms with Gasteiger partial charge in [-0.05, 0) is 43.2 Å². The third kappa shape index (κ3) is 13.0. The summed E-state index contributed by atoms with van der Waals surface area (Å²) < 4.78 is 12.0. The normalized spacial score (nSPS) is 18.8. The molecule has 1 aromatic rings. The van der Waals surface area contributed by atoms with Crippen LogP contribution in [-0.4, -0.2) is 142 Å². The molecule has 9 atom stereocenters. The lowest BCUT2D eigenvalue weighted by Crippen LogP contribution is -2.60. The number of carbonyl (C=O) groups excluding carboxylic acids is 5. The first-order valence-corrected chi connectivity index (χ1v) is 20.4. The largest absolute Gasteiger partial charge is 0.379 e. The minimum absolute atomic E-state index is 0.00444. The number of rotatable bonds is 23. The van der Waals surface area contributed by atoms with Crippen LogP contribution in [0.4, 0.5) is 0 Å². The van der Waals surface area contributed by atoms with E-state index in [9.17, 15) is 24.0 Å². The van der Waals surface area contributed by atoms with Gasteiger partial charge in [-0.3, -0.25) is 28.9 Å². The lowest BCUT2D eigenvalue weighted by atomic mass is 9.89. The number of nitrogens with one attached hydrogen (secondary N) is 3. The number of methoxy groups -OCH3 is 2. The first kappa shape index (κ1) is 48.6. The summed E-state index contributed by atoms with van der Waals surface area (Å²) in [4.78, 5) is 74.1. The SMILES string of the molecule is CC[C@H](C)[C@@H]([C@@H](CC(=O)N1CCC[C@H]1[C@H](OC)[C@@H](C)C(=O)N[C@@H](Cc1ccccc1)C(=O)NC)OC)N(C)C(=O)[C@@H](NC(=O)[C@H](C(C)C)N(C)CCN)C(C)C. The predicted molar refractivity (Wildman–Crippen MR) is 219 cm³/mol. The van der Waals surface area contributed by atoms with E-state index in [-0.39, 0.29) is 59.8 Å². The minimum Gasteiger partial charge on any atom is -0.379 e. The number of ether oxygens (including phenoxy) is 2. The van der Waals surface area contributed by atoms with Crippen molar-refractivity contribution in [3.05, 3.63) is 35.9 Å². The molecule has 56 heavy (non-hydrogen) atoms. The van der Waals surface area contributed by atoms with Gasteiger partial charge in [-0.15, -0.1) is 0 Å². The van der Waals surface area contributed by atoms with Crippen molar-refractivity contribution in [1.82, 2.24) is 30.7 Å². The van der Waals surface area contributed by atoms with Gasteiger partial charge in [0, 0.05) is 54.4 Å². The van der Waals surface area contributed by atoms with Crippen LogP contribution >= 0.6 is 0 Å². The second-order valence-electron chi connectivity index (χ2n) is 16.1. The maximum absolute atomic E-state index is 14.3. The Hall–Kier alpha value is -3.59. The van der Waals surface area contributed by atoms with Crippen molar-refractivity contribution in [1.29, 1.82) is 0 Å². The maximum atomic E-state index is 14.3. The highest BCUT2D eigenvalue weighted by Gasteiger charge is 2.43. The van der Waals surface area contributed by atoms with Crippen LogP contribution in [0, 0.1) is 23.7 Å². The zero-order chi connectivity index (χ0) is 42.3. The summed E-state index contributed by atoms with van der Waals surface area (Å²) in [5.41, 5.74) is 6.71. The van der Waals surface area contributed by atoms with Gasteiger partial charge in [0.25, 0.3) is 0 Å². The quantitative estimate of drug-likeness (QED) is 0.130. The summed E-state index contributed by atoms with van der Waals surface area (Å²) >= 11 is 0. The van der Waals surface area contributed by atoms with Crippen LogP contribution < -0.4 is 21.7 Å². The van der Waals surface area contributed by atoms with Crippen molar-refractivity contribution in [2.75, 3.05) is 55.0 Å².